The van der Waals surface area contributed by atoms with Gasteiger partial charge in [0.2, 0.25) is 0 Å². The summed E-state index contributed by atoms with van der Waals surface area (Å²) >= 11 is 0. The second-order valence-corrected chi connectivity index (χ2v) is 13.5. The second-order valence-electron chi connectivity index (χ2n) is 13.5. The molecule has 2 N–H and O–H groups in total. The first-order chi connectivity index (χ1) is 14.6. The number of hydrogen-bond acceptors (Lipinski definition) is 2. The van der Waals surface area contributed by atoms with Gasteiger partial charge in [0.25, 0.3) is 0 Å². The summed E-state index contributed by atoms with van der Waals surface area (Å²) in [7, 11) is 0. The molecule has 2 heteroatoms. The Morgan fingerprint density at radius 3 is 2.29 bits per heavy atom. The summed E-state index contributed by atoms with van der Waals surface area (Å²) < 4.78 is 0. The zero-order valence-corrected chi connectivity index (χ0v) is 21.5. The van der Waals surface area contributed by atoms with Gasteiger partial charge < -0.3 is 10.2 Å². The van der Waals surface area contributed by atoms with E-state index >= 15 is 0 Å². The Morgan fingerprint density at radius 2 is 1.61 bits per heavy atom. The van der Waals surface area contributed by atoms with Gasteiger partial charge in [-0.1, -0.05) is 54.4 Å². The van der Waals surface area contributed by atoms with Gasteiger partial charge in [-0.25, -0.2) is 0 Å². The van der Waals surface area contributed by atoms with Crippen LogP contribution in [0.25, 0.3) is 0 Å². The van der Waals surface area contributed by atoms with Crippen molar-refractivity contribution < 1.29 is 10.2 Å². The maximum absolute atomic E-state index is 11.6. The maximum atomic E-state index is 11.6. The van der Waals surface area contributed by atoms with Crippen LogP contribution in [0.2, 0.25) is 0 Å². The molecule has 0 saturated heterocycles. The van der Waals surface area contributed by atoms with Crippen LogP contribution in [0, 0.1) is 52.3 Å². The van der Waals surface area contributed by atoms with Crippen LogP contribution in [-0.2, 0) is 0 Å². The molecule has 0 amide bonds. The molecule has 0 bridgehead atoms. The minimum atomic E-state index is -0.628. The number of hydrogen-bond donors (Lipinski definition) is 2. The molecule has 4 aliphatic rings. The summed E-state index contributed by atoms with van der Waals surface area (Å²) in [5, 5.41) is 21.9. The molecule has 0 aliphatic heterocycles. The summed E-state index contributed by atoms with van der Waals surface area (Å²) in [5.74, 6) is 5.77. The SMILES string of the molecule is CC[C@@H](CC[C@@H](C)[C@H]1CCC2C3CC[C@@]4(O)C[C@@H](O)CC[C@]4(C)C3CC[C@@]21C)C(C)C. The van der Waals surface area contributed by atoms with Crippen molar-refractivity contribution in [3.05, 3.63) is 0 Å². The second kappa shape index (κ2) is 8.61. The van der Waals surface area contributed by atoms with Crippen LogP contribution >= 0.6 is 0 Å². The van der Waals surface area contributed by atoms with E-state index in [-0.39, 0.29) is 11.5 Å². The molecule has 0 aromatic heterocycles. The third kappa shape index (κ3) is 3.84. The third-order valence-electron chi connectivity index (χ3n) is 12.0. The van der Waals surface area contributed by atoms with E-state index in [1.54, 1.807) is 0 Å². The van der Waals surface area contributed by atoms with Crippen molar-refractivity contribution in [2.24, 2.45) is 52.3 Å². The lowest BCUT2D eigenvalue weighted by Crippen LogP contribution is -2.62. The summed E-state index contributed by atoms with van der Waals surface area (Å²) in [5.41, 5.74) is -0.0944. The highest BCUT2D eigenvalue weighted by Crippen LogP contribution is 2.69. The van der Waals surface area contributed by atoms with Gasteiger partial charge in [0.05, 0.1) is 11.7 Å². The number of aliphatic hydroxyl groups excluding tert-OH is 1. The molecule has 4 fully saturated rings. The molecule has 0 heterocycles. The van der Waals surface area contributed by atoms with E-state index in [9.17, 15) is 10.2 Å². The monoisotopic (exact) mass is 432 g/mol. The third-order valence-corrected chi connectivity index (χ3v) is 12.0. The average molecular weight is 433 g/mol. The summed E-state index contributed by atoms with van der Waals surface area (Å²) in [4.78, 5) is 0. The smallest absolute Gasteiger partial charge is 0.0728 e. The Balaban J connectivity index is 1.48. The van der Waals surface area contributed by atoms with E-state index in [4.69, 9.17) is 0 Å². The number of aliphatic hydroxyl groups is 2. The molecule has 3 unspecified atom stereocenters. The fourth-order valence-corrected chi connectivity index (χ4v) is 9.89. The summed E-state index contributed by atoms with van der Waals surface area (Å²) in [6.07, 6.45) is 14.0. The van der Waals surface area contributed by atoms with Crippen LogP contribution in [0.4, 0.5) is 0 Å². The Morgan fingerprint density at radius 1 is 0.871 bits per heavy atom. The van der Waals surface area contributed by atoms with E-state index in [2.05, 4.69) is 41.5 Å². The highest BCUT2D eigenvalue weighted by Gasteiger charge is 2.64. The first-order valence-electron chi connectivity index (χ1n) is 14.0. The fraction of sp³-hybridized carbons (Fsp3) is 1.00. The zero-order chi connectivity index (χ0) is 22.6. The molecule has 0 aromatic rings. The first-order valence-corrected chi connectivity index (χ1v) is 14.0. The average Bonchev–Trinajstić information content (AvgIpc) is 3.06. The Bertz CT molecular complexity index is 630. The van der Waals surface area contributed by atoms with Crippen molar-refractivity contribution in [1.82, 2.24) is 0 Å². The largest absolute Gasteiger partial charge is 0.393 e. The van der Waals surface area contributed by atoms with Crippen LogP contribution in [0.3, 0.4) is 0 Å². The standard InChI is InChI=1S/C29H52O2/c1-7-21(19(2)3)9-8-20(4)24-10-11-25-23-13-17-29(31)18-22(30)12-16-28(29,6)26(23)14-15-27(24,25)5/h19-26,30-31H,7-18H2,1-6H3/t20-,21+,22+,23?,24-,25?,26?,27-,28-,29-/m1/s1. The number of fused-ring (bicyclic) bond motifs is 5. The van der Waals surface area contributed by atoms with Gasteiger partial charge in [-0.3, -0.25) is 0 Å². The highest BCUT2D eigenvalue weighted by atomic mass is 16.3. The van der Waals surface area contributed by atoms with E-state index in [1.807, 2.05) is 0 Å². The van der Waals surface area contributed by atoms with E-state index in [0.29, 0.717) is 17.8 Å². The van der Waals surface area contributed by atoms with Gasteiger partial charge in [0.1, 0.15) is 0 Å². The Hall–Kier alpha value is -0.0800. The lowest BCUT2D eigenvalue weighted by atomic mass is 9.43. The van der Waals surface area contributed by atoms with Crippen LogP contribution in [0.1, 0.15) is 119 Å². The van der Waals surface area contributed by atoms with Gasteiger partial charge in [-0.2, -0.15) is 0 Å². The van der Waals surface area contributed by atoms with Crippen molar-refractivity contribution in [3.8, 4) is 0 Å². The number of rotatable bonds is 6. The molecule has 0 aromatic carbocycles. The topological polar surface area (TPSA) is 40.5 Å². The summed E-state index contributed by atoms with van der Waals surface area (Å²) in [6.45, 7) is 14.8. The van der Waals surface area contributed by atoms with Crippen molar-refractivity contribution in [1.29, 1.82) is 0 Å². The molecule has 4 aliphatic carbocycles. The highest BCUT2D eigenvalue weighted by molar-refractivity contribution is 5.14. The maximum Gasteiger partial charge on any atom is 0.0728 e. The van der Waals surface area contributed by atoms with Crippen LogP contribution in [0.15, 0.2) is 0 Å². The van der Waals surface area contributed by atoms with Gasteiger partial charge in [0, 0.05) is 6.42 Å². The van der Waals surface area contributed by atoms with Crippen molar-refractivity contribution in [2.75, 3.05) is 0 Å². The van der Waals surface area contributed by atoms with Gasteiger partial charge in [0.15, 0.2) is 0 Å². The molecule has 31 heavy (non-hydrogen) atoms. The van der Waals surface area contributed by atoms with Crippen LogP contribution in [0.5, 0.6) is 0 Å². The Kier molecular flexibility index (Phi) is 6.68. The van der Waals surface area contributed by atoms with Gasteiger partial charge >= 0.3 is 0 Å². The fourth-order valence-electron chi connectivity index (χ4n) is 9.89. The molecule has 10 atom stereocenters. The van der Waals surface area contributed by atoms with E-state index in [0.717, 1.165) is 54.8 Å². The first kappa shape index (κ1) is 24.1. The van der Waals surface area contributed by atoms with Gasteiger partial charge in [-0.05, 0) is 110 Å². The molecule has 4 saturated carbocycles. The normalized spacial score (nSPS) is 49.3. The molecule has 0 spiro atoms. The predicted octanol–water partition coefficient (Wildman–Crippen LogP) is 7.22. The zero-order valence-electron chi connectivity index (χ0n) is 21.5. The lowest BCUT2D eigenvalue weighted by Gasteiger charge is -2.64. The molecule has 0 radical (unpaired) electrons. The molecule has 2 nitrogen and oxygen atoms in total. The Labute approximate surface area is 193 Å². The van der Waals surface area contributed by atoms with E-state index in [1.165, 1.54) is 51.4 Å². The minimum Gasteiger partial charge on any atom is -0.393 e. The van der Waals surface area contributed by atoms with Gasteiger partial charge in [-0.15, -0.1) is 0 Å². The van der Waals surface area contributed by atoms with Crippen LogP contribution < -0.4 is 0 Å². The minimum absolute atomic E-state index is 0.0196. The summed E-state index contributed by atoms with van der Waals surface area (Å²) in [6, 6.07) is 0. The quantitative estimate of drug-likeness (QED) is 0.465. The molecule has 180 valence electrons. The van der Waals surface area contributed by atoms with E-state index < -0.39 is 5.60 Å². The molecule has 4 rings (SSSR count). The lowest BCUT2D eigenvalue weighted by molar-refractivity contribution is -0.220. The van der Waals surface area contributed by atoms with Crippen molar-refractivity contribution >= 4 is 0 Å². The van der Waals surface area contributed by atoms with Crippen molar-refractivity contribution in [2.45, 2.75) is 130 Å². The predicted molar refractivity (Wildman–Crippen MR) is 130 cm³/mol. The molecular weight excluding hydrogens is 380 g/mol. The van der Waals surface area contributed by atoms with Crippen LogP contribution in [-0.4, -0.2) is 21.9 Å². The van der Waals surface area contributed by atoms with Crippen molar-refractivity contribution in [3.63, 3.8) is 0 Å². The molecular formula is C29H52O2.